The van der Waals surface area contributed by atoms with Gasteiger partial charge in [-0.1, -0.05) is 39.3 Å². The lowest BCUT2D eigenvalue weighted by atomic mass is 10.0. The van der Waals surface area contributed by atoms with E-state index >= 15 is 0 Å². The SMILES string of the molecule is CC1(C)C(C(=O)Nc2ccc(Cl)c(Br)c2)C1(C)C. The van der Waals surface area contributed by atoms with Crippen LogP contribution in [0.5, 0.6) is 0 Å². The highest BCUT2D eigenvalue weighted by molar-refractivity contribution is 9.10. The van der Waals surface area contributed by atoms with Crippen LogP contribution in [-0.4, -0.2) is 5.91 Å². The molecule has 0 spiro atoms. The van der Waals surface area contributed by atoms with E-state index in [0.29, 0.717) is 5.02 Å². The van der Waals surface area contributed by atoms with Crippen LogP contribution >= 0.6 is 27.5 Å². The number of hydrogen-bond donors (Lipinski definition) is 1. The second kappa shape index (κ2) is 4.24. The summed E-state index contributed by atoms with van der Waals surface area (Å²) < 4.78 is 0.788. The molecule has 0 bridgehead atoms. The fourth-order valence-corrected chi connectivity index (χ4v) is 3.14. The number of benzene rings is 1. The molecule has 1 amide bonds. The van der Waals surface area contributed by atoms with Gasteiger partial charge in [-0.3, -0.25) is 4.79 Å². The van der Waals surface area contributed by atoms with Gasteiger partial charge in [-0.15, -0.1) is 0 Å². The summed E-state index contributed by atoms with van der Waals surface area (Å²) in [6, 6.07) is 5.40. The first-order valence-corrected chi connectivity index (χ1v) is 7.11. The highest BCUT2D eigenvalue weighted by atomic mass is 79.9. The van der Waals surface area contributed by atoms with Gasteiger partial charge < -0.3 is 5.32 Å². The smallest absolute Gasteiger partial charge is 0.228 e. The Labute approximate surface area is 121 Å². The van der Waals surface area contributed by atoms with Gasteiger partial charge in [0, 0.05) is 16.1 Å². The Morgan fingerprint density at radius 2 is 1.83 bits per heavy atom. The number of hydrogen-bond acceptors (Lipinski definition) is 1. The third kappa shape index (κ3) is 2.08. The predicted molar refractivity (Wildman–Crippen MR) is 78.8 cm³/mol. The number of amides is 1. The van der Waals surface area contributed by atoms with Crippen LogP contribution in [0.15, 0.2) is 22.7 Å². The Morgan fingerprint density at radius 1 is 1.28 bits per heavy atom. The molecule has 0 heterocycles. The molecule has 0 atom stereocenters. The summed E-state index contributed by atoms with van der Waals surface area (Å²) in [6.45, 7) is 8.54. The molecule has 2 nitrogen and oxygen atoms in total. The number of carbonyl (C=O) groups is 1. The molecule has 4 heteroatoms. The van der Waals surface area contributed by atoms with Gasteiger partial charge in [0.15, 0.2) is 0 Å². The normalized spacial score (nSPS) is 20.6. The first kappa shape index (κ1) is 13.9. The largest absolute Gasteiger partial charge is 0.326 e. The van der Waals surface area contributed by atoms with Crippen LogP contribution in [0.2, 0.25) is 5.02 Å². The molecule has 1 aliphatic rings. The van der Waals surface area contributed by atoms with Gasteiger partial charge in [0.25, 0.3) is 0 Å². The molecule has 1 aliphatic carbocycles. The molecule has 1 fully saturated rings. The maximum atomic E-state index is 12.2. The Bertz CT molecular complexity index is 497. The van der Waals surface area contributed by atoms with E-state index in [-0.39, 0.29) is 22.7 Å². The first-order chi connectivity index (χ1) is 8.18. The van der Waals surface area contributed by atoms with Crippen LogP contribution < -0.4 is 5.32 Å². The Hall–Kier alpha value is -0.540. The van der Waals surface area contributed by atoms with Crippen LogP contribution in [0.1, 0.15) is 27.7 Å². The van der Waals surface area contributed by atoms with E-state index < -0.39 is 0 Å². The fourth-order valence-electron chi connectivity index (χ4n) is 2.64. The van der Waals surface area contributed by atoms with Gasteiger partial charge in [-0.25, -0.2) is 0 Å². The van der Waals surface area contributed by atoms with Crippen LogP contribution in [0, 0.1) is 16.7 Å². The minimum absolute atomic E-state index is 0.0550. The van der Waals surface area contributed by atoms with Gasteiger partial charge in [0.2, 0.25) is 5.91 Å². The highest BCUT2D eigenvalue weighted by Crippen LogP contribution is 2.68. The van der Waals surface area contributed by atoms with Gasteiger partial charge in [-0.05, 0) is 45.0 Å². The molecule has 18 heavy (non-hydrogen) atoms. The molecule has 1 N–H and O–H groups in total. The summed E-state index contributed by atoms with van der Waals surface area (Å²) in [5, 5.41) is 3.59. The molecule has 0 unspecified atom stereocenters. The molecule has 2 rings (SSSR count). The lowest BCUT2D eigenvalue weighted by Gasteiger charge is -2.07. The topological polar surface area (TPSA) is 29.1 Å². The van der Waals surface area contributed by atoms with Gasteiger partial charge in [0.1, 0.15) is 0 Å². The number of nitrogens with one attached hydrogen (secondary N) is 1. The van der Waals surface area contributed by atoms with Crippen LogP contribution in [0.25, 0.3) is 0 Å². The zero-order valence-corrected chi connectivity index (χ0v) is 13.3. The van der Waals surface area contributed by atoms with E-state index in [0.717, 1.165) is 10.2 Å². The Morgan fingerprint density at radius 3 is 2.28 bits per heavy atom. The van der Waals surface area contributed by atoms with Gasteiger partial charge in [0.05, 0.1) is 5.02 Å². The van der Waals surface area contributed by atoms with Crippen molar-refractivity contribution in [2.24, 2.45) is 16.7 Å². The fraction of sp³-hybridized carbons (Fsp3) is 0.500. The van der Waals surface area contributed by atoms with E-state index in [1.54, 1.807) is 6.07 Å². The van der Waals surface area contributed by atoms with Crippen molar-refractivity contribution in [1.29, 1.82) is 0 Å². The molecule has 0 saturated heterocycles. The number of carbonyl (C=O) groups excluding carboxylic acids is 1. The van der Waals surface area contributed by atoms with E-state index in [2.05, 4.69) is 48.9 Å². The van der Waals surface area contributed by atoms with Crippen molar-refractivity contribution >= 4 is 39.1 Å². The molecule has 1 saturated carbocycles. The second-order valence-corrected chi connectivity index (χ2v) is 7.26. The molecular weight excluding hydrogens is 314 g/mol. The number of anilines is 1. The third-order valence-electron chi connectivity index (χ3n) is 4.47. The monoisotopic (exact) mass is 329 g/mol. The highest BCUT2D eigenvalue weighted by Gasteiger charge is 2.68. The number of rotatable bonds is 2. The second-order valence-electron chi connectivity index (χ2n) is 5.99. The van der Waals surface area contributed by atoms with Crippen LogP contribution in [-0.2, 0) is 4.79 Å². The molecular formula is C14H17BrClNO. The summed E-state index contributed by atoms with van der Waals surface area (Å²) >= 11 is 9.27. The first-order valence-electron chi connectivity index (χ1n) is 5.94. The third-order valence-corrected chi connectivity index (χ3v) is 5.68. The van der Waals surface area contributed by atoms with Crippen molar-refractivity contribution in [2.45, 2.75) is 27.7 Å². The number of halogens is 2. The average molecular weight is 331 g/mol. The minimum atomic E-state index is 0.0550. The molecule has 0 aromatic heterocycles. The standard InChI is InChI=1S/C14H17BrClNO/c1-13(2)11(14(13,3)4)12(18)17-8-5-6-10(16)9(15)7-8/h5-7,11H,1-4H3,(H,17,18). The van der Waals surface area contributed by atoms with Crippen molar-refractivity contribution in [1.82, 2.24) is 0 Å². The zero-order chi connectivity index (χ0) is 13.7. The van der Waals surface area contributed by atoms with Gasteiger partial charge >= 0.3 is 0 Å². The quantitative estimate of drug-likeness (QED) is 0.835. The summed E-state index contributed by atoms with van der Waals surface area (Å²) in [5.41, 5.74) is 0.886. The minimum Gasteiger partial charge on any atom is -0.326 e. The van der Waals surface area contributed by atoms with E-state index in [4.69, 9.17) is 11.6 Å². The Kier molecular flexibility index (Phi) is 3.27. The van der Waals surface area contributed by atoms with Gasteiger partial charge in [-0.2, -0.15) is 0 Å². The summed E-state index contributed by atoms with van der Waals surface area (Å²) in [5.74, 6) is 0.138. The molecule has 0 aliphatic heterocycles. The molecule has 98 valence electrons. The summed E-state index contributed by atoms with van der Waals surface area (Å²) in [6.07, 6.45) is 0. The zero-order valence-electron chi connectivity index (χ0n) is 11.0. The van der Waals surface area contributed by atoms with E-state index in [1.807, 2.05) is 12.1 Å². The lowest BCUT2D eigenvalue weighted by Crippen LogP contribution is -2.17. The Balaban J connectivity index is 2.12. The van der Waals surface area contributed by atoms with Crippen molar-refractivity contribution in [3.8, 4) is 0 Å². The van der Waals surface area contributed by atoms with E-state index in [1.165, 1.54) is 0 Å². The lowest BCUT2D eigenvalue weighted by molar-refractivity contribution is -0.118. The molecule has 1 aromatic rings. The maximum Gasteiger partial charge on any atom is 0.228 e. The van der Waals surface area contributed by atoms with Crippen molar-refractivity contribution < 1.29 is 4.79 Å². The summed E-state index contributed by atoms with van der Waals surface area (Å²) in [7, 11) is 0. The van der Waals surface area contributed by atoms with Crippen molar-refractivity contribution in [2.75, 3.05) is 5.32 Å². The maximum absolute atomic E-state index is 12.2. The predicted octanol–water partition coefficient (Wildman–Crippen LogP) is 4.72. The van der Waals surface area contributed by atoms with Crippen molar-refractivity contribution in [3.63, 3.8) is 0 Å². The molecule has 1 aromatic carbocycles. The van der Waals surface area contributed by atoms with Crippen LogP contribution in [0.3, 0.4) is 0 Å². The van der Waals surface area contributed by atoms with Crippen molar-refractivity contribution in [3.05, 3.63) is 27.7 Å². The summed E-state index contributed by atoms with van der Waals surface area (Å²) in [4.78, 5) is 12.2. The van der Waals surface area contributed by atoms with Crippen LogP contribution in [0.4, 0.5) is 5.69 Å². The van der Waals surface area contributed by atoms with E-state index in [9.17, 15) is 4.79 Å². The molecule has 0 radical (unpaired) electrons. The average Bonchev–Trinajstić information content (AvgIpc) is 2.63.